The number of carbonyl (C=O) groups is 4. The zero-order valence-electron chi connectivity index (χ0n) is 41.0. The lowest BCUT2D eigenvalue weighted by molar-refractivity contribution is -0.170. The normalized spacial score (nSPS) is 13.9. The molecule has 0 bridgehead atoms. The number of nitriles is 1. The average Bonchev–Trinajstić information content (AvgIpc) is 3.65. The molecule has 20 heteroatoms. The van der Waals surface area contributed by atoms with Gasteiger partial charge in [0, 0.05) is 64.4 Å². The number of nitrogens with zero attached hydrogens (tertiary/aromatic N) is 4. The van der Waals surface area contributed by atoms with Gasteiger partial charge in [-0.05, 0) is 94.1 Å². The summed E-state index contributed by atoms with van der Waals surface area (Å²) in [5.74, 6) is -6.25. The van der Waals surface area contributed by atoms with Crippen molar-refractivity contribution in [3.05, 3.63) is 154 Å². The van der Waals surface area contributed by atoms with E-state index in [-0.39, 0.29) is 82.3 Å². The molecule has 5 aromatic carbocycles. The molecule has 0 aromatic heterocycles. The Morgan fingerprint density at radius 2 is 1.19 bits per heavy atom. The number of amides is 3. The number of alkyl halides is 6. The molecule has 74 heavy (non-hydrogen) atoms. The number of esters is 1. The number of rotatable bonds is 21. The van der Waals surface area contributed by atoms with Gasteiger partial charge < -0.3 is 33.6 Å². The van der Waals surface area contributed by atoms with E-state index in [2.05, 4.69) is 43.8 Å². The van der Waals surface area contributed by atoms with Crippen LogP contribution in [-0.4, -0.2) is 72.6 Å². The van der Waals surface area contributed by atoms with Gasteiger partial charge in [-0.3, -0.25) is 14.4 Å². The van der Waals surface area contributed by atoms with Gasteiger partial charge in [0.15, 0.2) is 5.60 Å². The van der Waals surface area contributed by atoms with Gasteiger partial charge >= 0.3 is 30.1 Å². The average molecular weight is 1050 g/mol. The molecular formula is C54H54F6N5O8P. The van der Waals surface area contributed by atoms with Crippen LogP contribution in [0.4, 0.5) is 37.7 Å². The summed E-state index contributed by atoms with van der Waals surface area (Å²) in [5.41, 5.74) is -1.54. The van der Waals surface area contributed by atoms with Crippen molar-refractivity contribution in [1.29, 1.82) is 5.26 Å². The fraction of sp³-hybridized carbons (Fsp3) is 0.352. The second-order valence-electron chi connectivity index (χ2n) is 18.1. The van der Waals surface area contributed by atoms with Crippen molar-refractivity contribution in [2.24, 2.45) is 0 Å². The van der Waals surface area contributed by atoms with Crippen LogP contribution in [0.25, 0.3) is 0 Å². The van der Waals surface area contributed by atoms with Crippen molar-refractivity contribution in [1.82, 2.24) is 9.99 Å². The molecule has 2 aliphatic heterocycles. The Labute approximate surface area is 425 Å². The maximum atomic E-state index is 14.2. The third-order valence-corrected chi connectivity index (χ3v) is 14.3. The Balaban J connectivity index is 1.19. The monoisotopic (exact) mass is 1050 g/mol. The van der Waals surface area contributed by atoms with Crippen LogP contribution >= 0.6 is 8.53 Å². The van der Waals surface area contributed by atoms with Gasteiger partial charge in [0.1, 0.15) is 11.5 Å². The Bertz CT molecular complexity index is 2730. The van der Waals surface area contributed by atoms with Crippen molar-refractivity contribution < 1.29 is 64.0 Å². The van der Waals surface area contributed by atoms with Crippen molar-refractivity contribution in [3.8, 4) is 17.6 Å². The number of ether oxygens (including phenoxy) is 2. The molecule has 1 spiro atoms. The Hall–Kier alpha value is -6.84. The van der Waals surface area contributed by atoms with E-state index in [1.54, 1.807) is 36.4 Å². The first kappa shape index (κ1) is 54.9. The SMILES string of the molecule is CC(C)N(C(C)C)P(OCCC#N)OCCCCCCNC(=O)c1ccc2c(c1)C1(OC2=O)c2ccc(N(Cc3ccccc3)C(=O)C(F)(F)F)cc2Oc2cc(N(Cc3ccccc3)C(=O)C(F)(F)F)ccc21. The third kappa shape index (κ3) is 12.4. The Morgan fingerprint density at radius 1 is 0.676 bits per heavy atom. The number of benzene rings is 5. The predicted octanol–water partition coefficient (Wildman–Crippen LogP) is 12.0. The van der Waals surface area contributed by atoms with E-state index < -0.39 is 63.3 Å². The number of halogens is 6. The highest BCUT2D eigenvalue weighted by Crippen LogP contribution is 2.57. The lowest BCUT2D eigenvalue weighted by atomic mass is 9.77. The van der Waals surface area contributed by atoms with Gasteiger partial charge in [0.25, 0.3) is 14.4 Å². The minimum Gasteiger partial charge on any atom is -0.456 e. The zero-order valence-corrected chi connectivity index (χ0v) is 41.9. The van der Waals surface area contributed by atoms with Crippen LogP contribution in [-0.2, 0) is 42.1 Å². The van der Waals surface area contributed by atoms with Gasteiger partial charge in [-0.15, -0.1) is 0 Å². The third-order valence-electron chi connectivity index (χ3n) is 12.2. The Morgan fingerprint density at radius 3 is 1.69 bits per heavy atom. The second kappa shape index (κ2) is 23.6. The van der Waals surface area contributed by atoms with E-state index in [9.17, 15) is 45.5 Å². The summed E-state index contributed by atoms with van der Waals surface area (Å²) in [5, 5.41) is 11.9. The van der Waals surface area contributed by atoms with E-state index in [4.69, 9.17) is 23.8 Å². The summed E-state index contributed by atoms with van der Waals surface area (Å²) in [6, 6.07) is 29.8. The molecule has 3 amide bonds. The van der Waals surface area contributed by atoms with Crippen LogP contribution in [0.15, 0.2) is 115 Å². The minimum atomic E-state index is -5.32. The molecule has 2 aliphatic rings. The molecule has 1 unspecified atom stereocenters. The first-order valence-electron chi connectivity index (χ1n) is 23.9. The highest BCUT2D eigenvalue weighted by molar-refractivity contribution is 7.44. The summed E-state index contributed by atoms with van der Waals surface area (Å²) < 4.78 is 112. The van der Waals surface area contributed by atoms with Gasteiger partial charge in [0.2, 0.25) is 0 Å². The molecule has 2 heterocycles. The Kier molecular flexibility index (Phi) is 17.5. The highest BCUT2D eigenvalue weighted by Gasteiger charge is 2.55. The smallest absolute Gasteiger partial charge is 0.456 e. The molecule has 0 saturated carbocycles. The van der Waals surface area contributed by atoms with E-state index in [0.717, 1.165) is 31.4 Å². The van der Waals surface area contributed by atoms with E-state index in [1.165, 1.54) is 66.7 Å². The molecule has 7 rings (SSSR count). The quantitative estimate of drug-likeness (QED) is 0.0325. The van der Waals surface area contributed by atoms with Gasteiger partial charge in [0.05, 0.1) is 44.4 Å². The fourth-order valence-electron chi connectivity index (χ4n) is 8.92. The molecular weight excluding hydrogens is 992 g/mol. The molecule has 5 aromatic rings. The number of carbonyl (C=O) groups excluding carboxylic acids is 4. The number of anilines is 2. The standard InChI is InChI=1S/C54H54F6N5O8P/c1-35(2)65(36(3)4)74(71-29-15-26-61)70-28-14-6-5-13-27-62-48(66)39-20-23-42-45(30-39)52(73-49(42)67)43-24-21-40(63(50(68)53(55,56)57)33-37-16-9-7-10-17-37)31-46(43)72-47-32-41(22-25-44(47)52)64(51(69)54(58,59)60)34-38-18-11-8-12-19-38/h7-12,16-25,30-32,35-36H,5-6,13-15,27-29,33-34H2,1-4H3,(H,62,66). The van der Waals surface area contributed by atoms with Crippen LogP contribution < -0.4 is 19.9 Å². The van der Waals surface area contributed by atoms with Gasteiger partial charge in [-0.1, -0.05) is 73.5 Å². The molecule has 13 nitrogen and oxygen atoms in total. The molecule has 0 saturated heterocycles. The van der Waals surface area contributed by atoms with Crippen LogP contribution in [0.3, 0.4) is 0 Å². The molecule has 0 aliphatic carbocycles. The van der Waals surface area contributed by atoms with Crippen molar-refractivity contribution in [2.45, 2.75) is 103 Å². The maximum Gasteiger partial charge on any atom is 0.471 e. The molecule has 0 fully saturated rings. The minimum absolute atomic E-state index is 0.00988. The first-order valence-corrected chi connectivity index (χ1v) is 25.1. The topological polar surface area (TPSA) is 151 Å². The summed E-state index contributed by atoms with van der Waals surface area (Å²) in [7, 11) is -1.37. The highest BCUT2D eigenvalue weighted by atomic mass is 31.2. The summed E-state index contributed by atoms with van der Waals surface area (Å²) in [4.78, 5) is 54.9. The first-order chi connectivity index (χ1) is 35.2. The number of hydrogen-bond acceptors (Lipinski definition) is 10. The van der Waals surface area contributed by atoms with Crippen LogP contribution in [0.1, 0.15) is 108 Å². The lowest BCUT2D eigenvalue weighted by Crippen LogP contribution is -2.41. The molecule has 1 N–H and O–H groups in total. The number of unbranched alkanes of at least 4 members (excludes halogenated alkanes) is 3. The molecule has 0 radical (unpaired) electrons. The summed E-state index contributed by atoms with van der Waals surface area (Å²) >= 11 is 0. The maximum absolute atomic E-state index is 14.2. The van der Waals surface area contributed by atoms with Crippen LogP contribution in [0.2, 0.25) is 0 Å². The van der Waals surface area contributed by atoms with E-state index >= 15 is 0 Å². The van der Waals surface area contributed by atoms with Crippen molar-refractivity contribution in [2.75, 3.05) is 29.6 Å². The summed E-state index contributed by atoms with van der Waals surface area (Å²) in [6.07, 6.45) is -7.53. The van der Waals surface area contributed by atoms with Crippen LogP contribution in [0.5, 0.6) is 11.5 Å². The van der Waals surface area contributed by atoms with Crippen molar-refractivity contribution in [3.63, 3.8) is 0 Å². The summed E-state index contributed by atoms with van der Waals surface area (Å²) in [6.45, 7) is 8.16. The van der Waals surface area contributed by atoms with Gasteiger partial charge in [-0.2, -0.15) is 31.6 Å². The van der Waals surface area contributed by atoms with E-state index in [1.807, 2.05) is 0 Å². The predicted molar refractivity (Wildman–Crippen MR) is 264 cm³/mol. The second-order valence-corrected chi connectivity index (χ2v) is 19.5. The largest absolute Gasteiger partial charge is 0.471 e. The molecule has 390 valence electrons. The van der Waals surface area contributed by atoms with Crippen LogP contribution in [0, 0.1) is 11.3 Å². The van der Waals surface area contributed by atoms with Crippen molar-refractivity contribution >= 4 is 43.6 Å². The number of hydrogen-bond donors (Lipinski definition) is 1. The van der Waals surface area contributed by atoms with E-state index in [0.29, 0.717) is 34.0 Å². The number of nitrogens with one attached hydrogen (secondary N) is 1. The number of fused-ring (bicyclic) bond motifs is 6. The lowest BCUT2D eigenvalue weighted by Gasteiger charge is -2.38. The zero-order chi connectivity index (χ0) is 53.4. The molecule has 1 atom stereocenters. The fourth-order valence-corrected chi connectivity index (χ4v) is 10.5. The van der Waals surface area contributed by atoms with Gasteiger partial charge in [-0.25, -0.2) is 9.46 Å².